The first kappa shape index (κ1) is 39.2. The van der Waals surface area contributed by atoms with Crippen molar-refractivity contribution in [3.8, 4) is 11.5 Å². The molecular formula is C46H51N5O7. The normalized spacial score (nSPS) is 20.4. The fraction of sp³-hybridized carbons (Fsp3) is 0.370. The lowest BCUT2D eigenvalue weighted by Crippen LogP contribution is -2.59. The monoisotopic (exact) mass is 785 g/mol. The van der Waals surface area contributed by atoms with E-state index in [9.17, 15) is 29.7 Å². The Balaban J connectivity index is 0.841. The van der Waals surface area contributed by atoms with Gasteiger partial charge < -0.3 is 40.2 Å². The number of piperidine rings is 4. The van der Waals surface area contributed by atoms with Crippen LogP contribution in [0.25, 0.3) is 10.9 Å². The highest BCUT2D eigenvalue weighted by molar-refractivity contribution is 5.94. The van der Waals surface area contributed by atoms with E-state index < -0.39 is 18.2 Å². The maximum absolute atomic E-state index is 13.4. The molecule has 0 unspecified atom stereocenters. The molecule has 2 bridgehead atoms. The molecular weight excluding hydrogens is 735 g/mol. The molecule has 1 aromatic heterocycles. The average molecular weight is 786 g/mol. The van der Waals surface area contributed by atoms with Gasteiger partial charge in [-0.3, -0.25) is 14.5 Å². The summed E-state index contributed by atoms with van der Waals surface area (Å²) >= 11 is 0. The Bertz CT molecular complexity index is 2270. The Morgan fingerprint density at radius 3 is 2.31 bits per heavy atom. The molecule has 4 aliphatic heterocycles. The summed E-state index contributed by atoms with van der Waals surface area (Å²) in [7, 11) is 0. The number of nitrogens with zero attached hydrogens (tertiary/aromatic N) is 3. The van der Waals surface area contributed by atoms with Crippen molar-refractivity contribution in [1.29, 1.82) is 0 Å². The van der Waals surface area contributed by atoms with Crippen LogP contribution in [0.1, 0.15) is 70.4 Å². The summed E-state index contributed by atoms with van der Waals surface area (Å²) in [6.45, 7) is 5.43. The van der Waals surface area contributed by atoms with Gasteiger partial charge in [-0.1, -0.05) is 60.7 Å². The topological polar surface area (TPSA) is 159 Å². The minimum atomic E-state index is -0.912. The third-order valence-electron chi connectivity index (χ3n) is 12.3. The number of aliphatic hydroxyl groups is 1. The Morgan fingerprint density at radius 2 is 1.60 bits per heavy atom. The SMILES string of the molecule is O=C(c1ccc(COc2cccc([C@H](c3ccccc3)N(C(=O)O)[C@H]3CN4CCC3CC4)c2)cc1)N1CCC(CNC[C@H](O)c2ccc(O)c3[nH]c(=O)ccc23)CC1. The van der Waals surface area contributed by atoms with Gasteiger partial charge in [0, 0.05) is 43.2 Å². The van der Waals surface area contributed by atoms with Crippen molar-refractivity contribution in [2.24, 2.45) is 11.8 Å². The van der Waals surface area contributed by atoms with E-state index in [1.165, 1.54) is 12.1 Å². The molecule has 5 N–H and O–H groups in total. The molecule has 4 saturated heterocycles. The van der Waals surface area contributed by atoms with Crippen molar-refractivity contribution in [2.45, 2.75) is 50.5 Å². The second kappa shape index (κ2) is 17.4. The maximum atomic E-state index is 13.4. The van der Waals surface area contributed by atoms with E-state index in [1.807, 2.05) is 83.8 Å². The highest BCUT2D eigenvalue weighted by Gasteiger charge is 2.43. The quantitative estimate of drug-likeness (QED) is 0.0945. The summed E-state index contributed by atoms with van der Waals surface area (Å²) < 4.78 is 6.27. The molecule has 0 saturated carbocycles. The van der Waals surface area contributed by atoms with Gasteiger partial charge in [0.15, 0.2) is 0 Å². The zero-order valence-electron chi connectivity index (χ0n) is 32.5. The van der Waals surface area contributed by atoms with Crippen molar-refractivity contribution in [3.05, 3.63) is 141 Å². The van der Waals surface area contributed by atoms with Gasteiger partial charge in [0.1, 0.15) is 18.1 Å². The molecule has 58 heavy (non-hydrogen) atoms. The summed E-state index contributed by atoms with van der Waals surface area (Å²) in [5, 5.41) is 35.7. The zero-order chi connectivity index (χ0) is 40.2. The number of aliphatic hydroxyl groups excluding tert-OH is 1. The lowest BCUT2D eigenvalue weighted by atomic mass is 9.81. The van der Waals surface area contributed by atoms with Gasteiger partial charge in [0.05, 0.1) is 23.7 Å². The third kappa shape index (κ3) is 8.59. The van der Waals surface area contributed by atoms with E-state index >= 15 is 0 Å². The lowest BCUT2D eigenvalue weighted by Gasteiger charge is -2.50. The molecule has 2 amide bonds. The smallest absolute Gasteiger partial charge is 0.408 e. The van der Waals surface area contributed by atoms with Crippen LogP contribution in [-0.4, -0.2) is 98.9 Å². The van der Waals surface area contributed by atoms with E-state index in [4.69, 9.17) is 4.74 Å². The molecule has 4 fully saturated rings. The van der Waals surface area contributed by atoms with Crippen molar-refractivity contribution in [3.63, 3.8) is 0 Å². The molecule has 4 aromatic carbocycles. The Hall–Kier alpha value is -5.69. The second-order valence-electron chi connectivity index (χ2n) is 16.0. The first-order valence-electron chi connectivity index (χ1n) is 20.3. The molecule has 9 rings (SSSR count). The van der Waals surface area contributed by atoms with Crippen molar-refractivity contribution in [1.82, 2.24) is 25.0 Å². The van der Waals surface area contributed by atoms with Crippen LogP contribution in [0.2, 0.25) is 0 Å². The van der Waals surface area contributed by atoms with Crippen LogP contribution in [0.3, 0.4) is 0 Å². The molecule has 5 heterocycles. The Kier molecular flexibility index (Phi) is 11.8. The van der Waals surface area contributed by atoms with Crippen LogP contribution < -0.4 is 15.6 Å². The highest BCUT2D eigenvalue weighted by atomic mass is 16.5. The van der Waals surface area contributed by atoms with E-state index in [-0.39, 0.29) is 23.3 Å². The molecule has 3 atom stereocenters. The first-order chi connectivity index (χ1) is 28.2. The molecule has 302 valence electrons. The predicted molar refractivity (Wildman–Crippen MR) is 221 cm³/mol. The number of pyridine rings is 1. The number of hydrogen-bond donors (Lipinski definition) is 5. The standard InChI is InChI=1S/C46H51N5O7/c52-40-15-13-37(38-14-16-42(54)48-43(38)40)41(53)27-47-26-30-17-23-50(24-18-30)45(55)34-11-9-31(10-12-34)29-58-36-8-4-7-35(25-36)44(33-5-2-1-3-6-33)51(46(56)57)39-28-49-21-19-32(39)20-22-49/h1-16,25,30,32,39,41,44,47,52-53H,17-24,26-29H2,(H,48,54)(H,56,57)/t39-,41-,44-/m0/s1. The Morgan fingerprint density at radius 1 is 0.862 bits per heavy atom. The average Bonchev–Trinajstić information content (AvgIpc) is 3.26. The van der Waals surface area contributed by atoms with E-state index in [2.05, 4.69) is 15.2 Å². The summed E-state index contributed by atoms with van der Waals surface area (Å²) in [5.41, 5.74) is 3.95. The van der Waals surface area contributed by atoms with Gasteiger partial charge >= 0.3 is 6.09 Å². The predicted octanol–water partition coefficient (Wildman–Crippen LogP) is 6.15. The van der Waals surface area contributed by atoms with Gasteiger partial charge in [-0.15, -0.1) is 0 Å². The highest BCUT2D eigenvalue weighted by Crippen LogP contribution is 2.39. The number of carbonyl (C=O) groups is 2. The number of phenolic OH excluding ortho intramolecular Hbond substituents is 1. The maximum Gasteiger partial charge on any atom is 0.408 e. The number of aromatic hydroxyl groups is 1. The van der Waals surface area contributed by atoms with E-state index in [0.29, 0.717) is 72.4 Å². The number of aromatic amines is 1. The molecule has 4 aliphatic rings. The lowest BCUT2D eigenvalue weighted by molar-refractivity contribution is -0.000814. The van der Waals surface area contributed by atoms with Gasteiger partial charge in [-0.05, 0) is 116 Å². The fourth-order valence-corrected chi connectivity index (χ4v) is 9.13. The van der Waals surface area contributed by atoms with E-state index in [0.717, 1.165) is 62.0 Å². The molecule has 0 spiro atoms. The minimum Gasteiger partial charge on any atom is -0.506 e. The van der Waals surface area contributed by atoms with Crippen LogP contribution in [0.4, 0.5) is 4.79 Å². The zero-order valence-corrected chi connectivity index (χ0v) is 32.5. The van der Waals surface area contributed by atoms with Crippen LogP contribution in [0.5, 0.6) is 11.5 Å². The molecule has 12 heteroatoms. The molecule has 5 aromatic rings. The van der Waals surface area contributed by atoms with Gasteiger partial charge in [-0.2, -0.15) is 0 Å². The van der Waals surface area contributed by atoms with Crippen molar-refractivity contribution >= 4 is 22.9 Å². The number of phenols is 1. The number of rotatable bonds is 13. The number of hydrogen-bond acceptors (Lipinski definition) is 8. The first-order valence-corrected chi connectivity index (χ1v) is 20.3. The molecule has 0 radical (unpaired) electrons. The number of ether oxygens (including phenoxy) is 1. The largest absolute Gasteiger partial charge is 0.506 e. The van der Waals surface area contributed by atoms with Gasteiger partial charge in [0.25, 0.3) is 5.91 Å². The molecule has 12 nitrogen and oxygen atoms in total. The number of H-pyrrole nitrogens is 1. The number of carbonyl (C=O) groups excluding carboxylic acids is 1. The number of likely N-dealkylation sites (tertiary alicyclic amines) is 1. The van der Waals surface area contributed by atoms with Crippen LogP contribution >= 0.6 is 0 Å². The Labute approximate surface area is 337 Å². The van der Waals surface area contributed by atoms with Crippen LogP contribution in [0.15, 0.2) is 108 Å². The van der Waals surface area contributed by atoms with Gasteiger partial charge in [-0.25, -0.2) is 4.79 Å². The summed E-state index contributed by atoms with van der Waals surface area (Å²) in [6, 6.07) is 30.7. The van der Waals surface area contributed by atoms with E-state index in [1.54, 1.807) is 17.0 Å². The number of carboxylic acid groups (broad SMARTS) is 1. The van der Waals surface area contributed by atoms with Crippen molar-refractivity contribution < 1.29 is 29.6 Å². The fourth-order valence-electron chi connectivity index (χ4n) is 9.13. The van der Waals surface area contributed by atoms with Crippen LogP contribution in [0, 0.1) is 11.8 Å². The summed E-state index contributed by atoms with van der Waals surface area (Å²) in [5.74, 6) is 1.31. The third-order valence-corrected chi connectivity index (χ3v) is 12.3. The number of amides is 2. The number of nitrogens with one attached hydrogen (secondary N) is 2. The summed E-state index contributed by atoms with van der Waals surface area (Å²) in [4.78, 5) is 46.8. The van der Waals surface area contributed by atoms with Crippen LogP contribution in [-0.2, 0) is 6.61 Å². The minimum absolute atomic E-state index is 0.00261. The van der Waals surface area contributed by atoms with Gasteiger partial charge in [0.2, 0.25) is 5.56 Å². The number of fused-ring (bicyclic) bond motifs is 4. The molecule has 0 aliphatic carbocycles. The summed E-state index contributed by atoms with van der Waals surface area (Å²) in [6.07, 6.45) is 1.99. The number of benzene rings is 4. The second-order valence-corrected chi connectivity index (χ2v) is 16.0. The number of aromatic nitrogens is 1. The van der Waals surface area contributed by atoms with Crippen molar-refractivity contribution in [2.75, 3.05) is 45.8 Å².